The first kappa shape index (κ1) is 65.0. The molecule has 0 aliphatic carbocycles. The molecule has 0 bridgehead atoms. The lowest BCUT2D eigenvalue weighted by atomic mass is 10.0. The molecule has 0 aromatic heterocycles. The van der Waals surface area contributed by atoms with Gasteiger partial charge in [-0.25, -0.2) is 9.59 Å². The monoisotopic (exact) mass is 991 g/mol. The Balaban J connectivity index is 3.92. The summed E-state index contributed by atoms with van der Waals surface area (Å²) in [6.45, 7) is 12.9. The maximum atomic E-state index is 12.9. The summed E-state index contributed by atoms with van der Waals surface area (Å²) >= 11 is 0. The third-order valence-electron chi connectivity index (χ3n) is 9.65. The molecule has 5 N–H and O–H groups in total. The Morgan fingerprint density at radius 1 is 0.406 bits per heavy atom. The minimum atomic E-state index is -1.05. The molecule has 69 heavy (non-hydrogen) atoms. The van der Waals surface area contributed by atoms with Crippen LogP contribution in [0.25, 0.3) is 0 Å². The van der Waals surface area contributed by atoms with Gasteiger partial charge in [-0.2, -0.15) is 0 Å². The lowest BCUT2D eigenvalue weighted by Crippen LogP contribution is -2.44. The topological polar surface area (TPSA) is 262 Å². The number of hydrogen-bond acceptors (Lipinski definition) is 15. The second-order valence-corrected chi connectivity index (χ2v) is 18.7. The van der Waals surface area contributed by atoms with Crippen molar-refractivity contribution in [2.75, 3.05) is 98.9 Å². The molecule has 0 spiro atoms. The number of aliphatic carboxylic acids is 1. The van der Waals surface area contributed by atoms with Crippen molar-refractivity contribution < 1.29 is 76.6 Å². The molecule has 0 saturated carbocycles. The van der Waals surface area contributed by atoms with E-state index in [4.69, 9.17) is 43.0 Å². The number of esters is 2. The number of ether oxygens (including phenoxy) is 8. The number of rotatable bonds is 46. The van der Waals surface area contributed by atoms with Gasteiger partial charge in [-0.15, -0.1) is 0 Å². The largest absolute Gasteiger partial charge is 0.480 e. The van der Waals surface area contributed by atoms with E-state index in [0.717, 1.165) is 44.9 Å². The number of hydrogen-bond donors (Lipinski definition) is 5. The summed E-state index contributed by atoms with van der Waals surface area (Å²) in [5, 5.41) is 19.3. The Morgan fingerprint density at radius 3 is 1.17 bits per heavy atom. The molecular formula is C49H90N4O16. The molecule has 20 heteroatoms. The maximum absolute atomic E-state index is 12.9. The highest BCUT2D eigenvalue weighted by Crippen LogP contribution is 2.16. The summed E-state index contributed by atoms with van der Waals surface area (Å²) in [7, 11) is 0. The highest BCUT2D eigenvalue weighted by atomic mass is 16.6. The number of carbonyl (C=O) groups is 7. The van der Waals surface area contributed by atoms with E-state index in [1.807, 2.05) is 20.8 Å². The van der Waals surface area contributed by atoms with Crippen molar-refractivity contribution in [2.45, 2.75) is 174 Å². The third kappa shape index (κ3) is 48.9. The second-order valence-electron chi connectivity index (χ2n) is 18.7. The average molecular weight is 991 g/mol. The Labute approximate surface area is 411 Å². The highest BCUT2D eigenvalue weighted by molar-refractivity contribution is 5.85. The Morgan fingerprint density at radius 2 is 0.768 bits per heavy atom. The first-order chi connectivity index (χ1) is 32.9. The molecule has 0 unspecified atom stereocenters. The summed E-state index contributed by atoms with van der Waals surface area (Å²) in [4.78, 5) is 84.1. The van der Waals surface area contributed by atoms with Crippen LogP contribution >= 0.6 is 0 Å². The second kappa shape index (κ2) is 42.9. The SMILES string of the molecule is CC(C)(C)OC(=O)CCCCCCCCCCCCCCCCC(=O)N[C@@H](CCC(=O)NCCOCCOCC(=O)NCCOCCOCC(=O)NCCOCCOCC(=O)O)C(=O)OC(C)(C)C. The van der Waals surface area contributed by atoms with Gasteiger partial charge in [0, 0.05) is 38.9 Å². The van der Waals surface area contributed by atoms with Gasteiger partial charge in [0.1, 0.15) is 37.1 Å². The molecule has 1 atom stereocenters. The van der Waals surface area contributed by atoms with Gasteiger partial charge in [0.15, 0.2) is 0 Å². The van der Waals surface area contributed by atoms with Crippen LogP contribution in [0.3, 0.4) is 0 Å². The van der Waals surface area contributed by atoms with E-state index in [0.29, 0.717) is 12.8 Å². The molecule has 0 saturated heterocycles. The number of carboxylic acids is 1. The minimum Gasteiger partial charge on any atom is -0.480 e. The average Bonchev–Trinajstić information content (AvgIpc) is 3.26. The molecule has 0 radical (unpaired) electrons. The highest BCUT2D eigenvalue weighted by Gasteiger charge is 2.27. The van der Waals surface area contributed by atoms with Crippen LogP contribution in [0.2, 0.25) is 0 Å². The van der Waals surface area contributed by atoms with Crippen LogP contribution in [0.1, 0.15) is 157 Å². The number of amides is 4. The van der Waals surface area contributed by atoms with E-state index in [1.165, 1.54) is 44.9 Å². The third-order valence-corrected chi connectivity index (χ3v) is 9.65. The van der Waals surface area contributed by atoms with Gasteiger partial charge in [0.25, 0.3) is 0 Å². The number of nitrogens with one attached hydrogen (secondary N) is 4. The van der Waals surface area contributed by atoms with E-state index in [9.17, 15) is 33.6 Å². The van der Waals surface area contributed by atoms with Crippen LogP contribution in [0.4, 0.5) is 0 Å². The Hall–Kier alpha value is -3.95. The summed E-state index contributed by atoms with van der Waals surface area (Å²) in [5.41, 5.74) is -1.16. The first-order valence-electron chi connectivity index (χ1n) is 25.1. The van der Waals surface area contributed by atoms with Crippen LogP contribution in [-0.4, -0.2) is 163 Å². The molecule has 0 fully saturated rings. The fourth-order valence-electron chi connectivity index (χ4n) is 6.36. The summed E-state index contributed by atoms with van der Waals surface area (Å²) in [6.07, 6.45) is 16.5. The summed E-state index contributed by atoms with van der Waals surface area (Å²) in [6, 6.07) is -0.942. The molecule has 0 rings (SSSR count). The number of carboxylic acid groups (broad SMARTS) is 1. The van der Waals surface area contributed by atoms with Crippen molar-refractivity contribution in [1.82, 2.24) is 21.3 Å². The Bertz CT molecular complexity index is 1390. The fourth-order valence-corrected chi connectivity index (χ4v) is 6.36. The van der Waals surface area contributed by atoms with Crippen molar-refractivity contribution in [3.8, 4) is 0 Å². The van der Waals surface area contributed by atoms with Crippen molar-refractivity contribution in [3.05, 3.63) is 0 Å². The zero-order valence-corrected chi connectivity index (χ0v) is 43.0. The smallest absolute Gasteiger partial charge is 0.329 e. The molecule has 0 aromatic carbocycles. The van der Waals surface area contributed by atoms with E-state index in [1.54, 1.807) is 20.8 Å². The predicted octanol–water partition coefficient (Wildman–Crippen LogP) is 4.71. The first-order valence-corrected chi connectivity index (χ1v) is 25.1. The number of unbranched alkanes of at least 4 members (excludes halogenated alkanes) is 13. The van der Waals surface area contributed by atoms with Crippen LogP contribution in [0, 0.1) is 0 Å². The molecule has 402 valence electrons. The Kier molecular flexibility index (Phi) is 40.4. The summed E-state index contributed by atoms with van der Waals surface area (Å²) in [5.74, 6) is -2.91. The fraction of sp³-hybridized carbons (Fsp3) is 0.857. The van der Waals surface area contributed by atoms with E-state index < -0.39 is 29.2 Å². The standard InChI is InChI=1S/C49H90N4O16/c1-48(2,3)68-46(60)22-20-18-16-14-12-10-8-7-9-11-13-15-17-19-21-42(55)53-40(47(61)69-49(4,5)6)23-24-41(54)50-25-28-62-31-34-65-37-43(56)51-26-29-63-32-35-66-38-44(57)52-27-30-64-33-36-67-39-45(58)59/h40H,7-39H2,1-6H3,(H,50,54)(H,51,56)(H,52,57)(H,53,55)(H,58,59)/t40-/m0/s1. The van der Waals surface area contributed by atoms with Gasteiger partial charge >= 0.3 is 17.9 Å². The van der Waals surface area contributed by atoms with Crippen LogP contribution in [0.15, 0.2) is 0 Å². The van der Waals surface area contributed by atoms with Crippen LogP contribution in [-0.2, 0) is 71.5 Å². The molecule has 0 aromatic rings. The van der Waals surface area contributed by atoms with Gasteiger partial charge in [-0.3, -0.25) is 24.0 Å². The maximum Gasteiger partial charge on any atom is 0.329 e. The van der Waals surface area contributed by atoms with Gasteiger partial charge < -0.3 is 64.3 Å². The van der Waals surface area contributed by atoms with Gasteiger partial charge in [0.05, 0.1) is 59.5 Å². The van der Waals surface area contributed by atoms with E-state index in [2.05, 4.69) is 21.3 Å². The minimum absolute atomic E-state index is 0.00761. The molecule has 0 heterocycles. The summed E-state index contributed by atoms with van der Waals surface area (Å²) < 4.78 is 42.3. The normalized spacial score (nSPS) is 12.0. The van der Waals surface area contributed by atoms with E-state index in [-0.39, 0.29) is 141 Å². The van der Waals surface area contributed by atoms with Crippen molar-refractivity contribution >= 4 is 41.5 Å². The quantitative estimate of drug-likeness (QED) is 0.0409. The van der Waals surface area contributed by atoms with Gasteiger partial charge in [-0.05, 0) is 60.8 Å². The van der Waals surface area contributed by atoms with Gasteiger partial charge in [0.2, 0.25) is 23.6 Å². The molecule has 20 nitrogen and oxygen atoms in total. The molecule has 4 amide bonds. The zero-order valence-electron chi connectivity index (χ0n) is 43.0. The number of carbonyl (C=O) groups excluding carboxylic acids is 6. The zero-order chi connectivity index (χ0) is 51.4. The van der Waals surface area contributed by atoms with Gasteiger partial charge in [-0.1, -0.05) is 77.0 Å². The van der Waals surface area contributed by atoms with Crippen LogP contribution < -0.4 is 21.3 Å². The molecular weight excluding hydrogens is 901 g/mol. The van der Waals surface area contributed by atoms with Crippen molar-refractivity contribution in [3.63, 3.8) is 0 Å². The van der Waals surface area contributed by atoms with E-state index >= 15 is 0 Å². The van der Waals surface area contributed by atoms with Crippen molar-refractivity contribution in [2.24, 2.45) is 0 Å². The lowest BCUT2D eigenvalue weighted by Gasteiger charge is -2.24. The van der Waals surface area contributed by atoms with Crippen molar-refractivity contribution in [1.29, 1.82) is 0 Å². The lowest BCUT2D eigenvalue weighted by molar-refractivity contribution is -0.159. The molecule has 0 aliphatic rings. The molecule has 0 aliphatic heterocycles. The predicted molar refractivity (Wildman–Crippen MR) is 258 cm³/mol. The van der Waals surface area contributed by atoms with Crippen LogP contribution in [0.5, 0.6) is 0 Å².